The lowest BCUT2D eigenvalue weighted by atomic mass is 10.0. The Hall–Kier alpha value is -1.00. The predicted octanol–water partition coefficient (Wildman–Crippen LogP) is 2.56. The van der Waals surface area contributed by atoms with E-state index < -0.39 is 12.0 Å². The van der Waals surface area contributed by atoms with E-state index in [1.165, 1.54) is 5.56 Å². The molecule has 1 heterocycles. The van der Waals surface area contributed by atoms with E-state index in [-0.39, 0.29) is 10.1 Å². The lowest BCUT2D eigenvalue weighted by Gasteiger charge is -2.20. The van der Waals surface area contributed by atoms with Gasteiger partial charge in [0.05, 0.1) is 5.37 Å². The number of carboxylic acid groups (broad SMARTS) is 1. The van der Waals surface area contributed by atoms with Gasteiger partial charge in [0, 0.05) is 4.75 Å². The normalized spacial score (nSPS) is 27.0. The van der Waals surface area contributed by atoms with E-state index in [1.54, 1.807) is 11.8 Å². The van der Waals surface area contributed by atoms with E-state index in [4.69, 9.17) is 0 Å². The second kappa shape index (κ2) is 4.35. The van der Waals surface area contributed by atoms with Gasteiger partial charge in [0.2, 0.25) is 0 Å². The van der Waals surface area contributed by atoms with Crippen molar-refractivity contribution in [1.82, 2.24) is 5.32 Å². The van der Waals surface area contributed by atoms with Gasteiger partial charge in [0.1, 0.15) is 6.04 Å². The summed E-state index contributed by atoms with van der Waals surface area (Å²) in [4.78, 5) is 11.2. The molecular weight excluding hydrogens is 234 g/mol. The van der Waals surface area contributed by atoms with Crippen LogP contribution in [0.4, 0.5) is 0 Å². The fourth-order valence-electron chi connectivity index (χ4n) is 2.03. The molecule has 0 amide bonds. The van der Waals surface area contributed by atoms with E-state index in [0.29, 0.717) is 0 Å². The van der Waals surface area contributed by atoms with Gasteiger partial charge in [-0.15, -0.1) is 11.8 Å². The molecule has 2 atom stereocenters. The minimum atomic E-state index is -0.780. The maximum atomic E-state index is 11.2. The molecule has 1 fully saturated rings. The molecule has 17 heavy (non-hydrogen) atoms. The molecule has 2 N–H and O–H groups in total. The largest absolute Gasteiger partial charge is 0.480 e. The van der Waals surface area contributed by atoms with Gasteiger partial charge in [-0.25, -0.2) is 0 Å². The molecule has 4 heteroatoms. The van der Waals surface area contributed by atoms with E-state index in [1.807, 2.05) is 20.8 Å². The summed E-state index contributed by atoms with van der Waals surface area (Å²) >= 11 is 1.67. The Morgan fingerprint density at radius 3 is 2.41 bits per heavy atom. The SMILES string of the molecule is Cc1ccc([C@H]2N[C@@H](C(=O)O)C(C)(C)S2)cc1. The van der Waals surface area contributed by atoms with Crippen molar-refractivity contribution in [2.75, 3.05) is 0 Å². The molecule has 1 aliphatic rings. The van der Waals surface area contributed by atoms with Crippen molar-refractivity contribution in [2.45, 2.75) is 36.9 Å². The zero-order valence-corrected chi connectivity index (χ0v) is 11.0. The first-order valence-electron chi connectivity index (χ1n) is 5.63. The molecule has 0 spiro atoms. The lowest BCUT2D eigenvalue weighted by molar-refractivity contribution is -0.139. The van der Waals surface area contributed by atoms with Gasteiger partial charge in [-0.3, -0.25) is 10.1 Å². The molecule has 1 aliphatic heterocycles. The summed E-state index contributed by atoms with van der Waals surface area (Å²) in [5, 5.41) is 12.4. The Bertz CT molecular complexity index is 428. The number of nitrogens with one attached hydrogen (secondary N) is 1. The Balaban J connectivity index is 2.21. The number of rotatable bonds is 2. The van der Waals surface area contributed by atoms with Crippen molar-refractivity contribution in [3.8, 4) is 0 Å². The number of aliphatic carboxylic acids is 1. The molecule has 0 unspecified atom stereocenters. The zero-order valence-electron chi connectivity index (χ0n) is 10.2. The smallest absolute Gasteiger partial charge is 0.322 e. The van der Waals surface area contributed by atoms with Crippen LogP contribution in [0.2, 0.25) is 0 Å². The maximum absolute atomic E-state index is 11.2. The standard InChI is InChI=1S/C13H17NO2S/c1-8-4-6-9(7-5-8)11-14-10(12(15)16)13(2,3)17-11/h4-7,10-11,14H,1-3H3,(H,15,16)/t10-,11-/m0/s1. The Kier molecular flexibility index (Phi) is 3.19. The first-order valence-corrected chi connectivity index (χ1v) is 6.51. The first-order chi connectivity index (χ1) is 7.90. The fraction of sp³-hybridized carbons (Fsp3) is 0.462. The van der Waals surface area contributed by atoms with Gasteiger partial charge >= 0.3 is 5.97 Å². The van der Waals surface area contributed by atoms with E-state index in [0.717, 1.165) is 5.56 Å². The molecule has 2 rings (SSSR count). The van der Waals surface area contributed by atoms with Crippen molar-refractivity contribution >= 4 is 17.7 Å². The van der Waals surface area contributed by atoms with Crippen molar-refractivity contribution < 1.29 is 9.90 Å². The van der Waals surface area contributed by atoms with Gasteiger partial charge in [-0.05, 0) is 26.3 Å². The highest BCUT2D eigenvalue weighted by Crippen LogP contribution is 2.45. The third kappa shape index (κ3) is 2.48. The Labute approximate surface area is 106 Å². The van der Waals surface area contributed by atoms with E-state index in [9.17, 15) is 9.90 Å². The third-order valence-electron chi connectivity index (χ3n) is 3.06. The van der Waals surface area contributed by atoms with Crippen LogP contribution >= 0.6 is 11.8 Å². The molecule has 1 aromatic rings. The average molecular weight is 251 g/mol. The molecular formula is C13H17NO2S. The number of hydrogen-bond acceptors (Lipinski definition) is 3. The fourth-order valence-corrected chi connectivity index (χ4v) is 3.44. The third-order valence-corrected chi connectivity index (χ3v) is 4.55. The lowest BCUT2D eigenvalue weighted by Crippen LogP contribution is -2.43. The van der Waals surface area contributed by atoms with Crippen molar-refractivity contribution in [3.63, 3.8) is 0 Å². The zero-order chi connectivity index (χ0) is 12.6. The quantitative estimate of drug-likeness (QED) is 0.848. The monoisotopic (exact) mass is 251 g/mol. The van der Waals surface area contributed by atoms with Crippen LogP contribution in [0.25, 0.3) is 0 Å². The molecule has 0 radical (unpaired) electrons. The molecule has 0 aromatic heterocycles. The van der Waals surface area contributed by atoms with E-state index >= 15 is 0 Å². The number of carbonyl (C=O) groups is 1. The highest BCUT2D eigenvalue weighted by atomic mass is 32.2. The van der Waals surface area contributed by atoms with E-state index in [2.05, 4.69) is 29.6 Å². The van der Waals surface area contributed by atoms with Crippen molar-refractivity contribution in [1.29, 1.82) is 0 Å². The predicted molar refractivity (Wildman–Crippen MR) is 70.1 cm³/mol. The summed E-state index contributed by atoms with van der Waals surface area (Å²) in [6.07, 6.45) is 0. The number of carboxylic acids is 1. The second-order valence-electron chi connectivity index (χ2n) is 4.95. The average Bonchev–Trinajstić information content (AvgIpc) is 2.55. The maximum Gasteiger partial charge on any atom is 0.322 e. The topological polar surface area (TPSA) is 49.3 Å². The summed E-state index contributed by atoms with van der Waals surface area (Å²) in [6, 6.07) is 7.72. The van der Waals surface area contributed by atoms with Crippen LogP contribution in [-0.2, 0) is 4.79 Å². The highest BCUT2D eigenvalue weighted by molar-refractivity contribution is 8.01. The van der Waals surface area contributed by atoms with Crippen molar-refractivity contribution in [2.24, 2.45) is 0 Å². The molecule has 92 valence electrons. The summed E-state index contributed by atoms with van der Waals surface area (Å²) in [6.45, 7) is 5.98. The number of benzene rings is 1. The first kappa shape index (κ1) is 12.5. The number of hydrogen-bond donors (Lipinski definition) is 2. The van der Waals surface area contributed by atoms with Crippen LogP contribution in [0, 0.1) is 6.92 Å². The molecule has 0 bridgehead atoms. The summed E-state index contributed by atoms with van der Waals surface area (Å²) in [5.41, 5.74) is 2.35. The number of thioether (sulfide) groups is 1. The van der Waals surface area contributed by atoms with Crippen LogP contribution < -0.4 is 5.32 Å². The Morgan fingerprint density at radius 2 is 1.94 bits per heavy atom. The summed E-state index contributed by atoms with van der Waals surface area (Å²) < 4.78 is -0.290. The van der Waals surface area contributed by atoms with Crippen molar-refractivity contribution in [3.05, 3.63) is 35.4 Å². The Morgan fingerprint density at radius 1 is 1.35 bits per heavy atom. The molecule has 0 saturated carbocycles. The van der Waals surface area contributed by atoms with Gasteiger partial charge in [0.15, 0.2) is 0 Å². The molecule has 1 saturated heterocycles. The van der Waals surface area contributed by atoms with Crippen LogP contribution in [0.5, 0.6) is 0 Å². The minimum Gasteiger partial charge on any atom is -0.480 e. The van der Waals surface area contributed by atoms with Gasteiger partial charge in [-0.1, -0.05) is 29.8 Å². The minimum absolute atomic E-state index is 0.0618. The van der Waals surface area contributed by atoms with Gasteiger partial charge < -0.3 is 5.11 Å². The van der Waals surface area contributed by atoms with Crippen LogP contribution in [0.1, 0.15) is 30.3 Å². The van der Waals surface area contributed by atoms with Gasteiger partial charge in [-0.2, -0.15) is 0 Å². The second-order valence-corrected chi connectivity index (χ2v) is 6.71. The summed E-state index contributed by atoms with van der Waals surface area (Å²) in [7, 11) is 0. The summed E-state index contributed by atoms with van der Waals surface area (Å²) in [5.74, 6) is -0.780. The van der Waals surface area contributed by atoms with Crippen LogP contribution in [-0.4, -0.2) is 21.9 Å². The molecule has 3 nitrogen and oxygen atoms in total. The van der Waals surface area contributed by atoms with Crippen LogP contribution in [0.3, 0.4) is 0 Å². The highest BCUT2D eigenvalue weighted by Gasteiger charge is 2.45. The molecule has 0 aliphatic carbocycles. The number of aryl methyl sites for hydroxylation is 1. The van der Waals surface area contributed by atoms with Gasteiger partial charge in [0.25, 0.3) is 0 Å². The molecule has 1 aromatic carbocycles. The van der Waals surface area contributed by atoms with Crippen LogP contribution in [0.15, 0.2) is 24.3 Å².